The van der Waals surface area contributed by atoms with Crippen LogP contribution >= 0.6 is 0 Å². The van der Waals surface area contributed by atoms with Gasteiger partial charge >= 0.3 is 0 Å². The number of primary amides is 1. The fraction of sp³-hybridized carbons (Fsp3) is 0.460. The number of nitrogens with zero attached hydrogens (tertiary/aromatic N) is 9. The zero-order chi connectivity index (χ0) is 108. The molecule has 11 aromatic rings. The van der Waals surface area contributed by atoms with Gasteiger partial charge in [0.25, 0.3) is 0 Å². The Morgan fingerprint density at radius 3 is 1.03 bits per heavy atom. The lowest BCUT2D eigenvalue weighted by Crippen LogP contribution is -2.27. The standard InChI is InChI=1S/C13H21NO2S.2C13H20O2S.C12H19NO2S.C10H16N2.C9H12N2O.C9H10N2.C9H13NO2S.C9H13N.C8H10FN.C8H11N/c1-10(2)9-14-17(15,16)13-7-5-6-12(8-13)11(3)4;2*1-10(2)9-16(14,15)13-7-5-6-12(8-13)11(3)4;1-4-8-13-16(14,15)12-7-5-6-11(9-12)10(2)3;1-8(2)9-5-6-10(11-7-9)12(3)4;1-6(2)7-3-8(9(10)12)5-11-4-7;1-7(2)9-3-8(4-10)5-11-6-9;1-7(2)8-4-9(6-10-5-8)13(3,11)12;1-7(2)9-5-4-8(3)10-6-9;1-6(2)7-3-8(9)5-10-4-7;1-7(2)8-4-3-5-9-6-8/h5-8,10-11,14H,9H2,1-4H3;2*5-8,10-11H,9H2,1-4H3;5-7,9-10,13H,4,8H2,1-3H3;5-8H,1-4H3;3-6H,1-2H3,(H2,10,12);3,5-7H,1-2H3;4-7H,1-3H3;4-7H,1-3H3;3-6H,1-2H3;3-7H,1-2H3. The molecule has 0 unspecified atom stereocenters. The number of halogens is 1. The van der Waals surface area contributed by atoms with E-state index in [0.29, 0.717) is 120 Å². The topological polar surface area (TPSA) is 355 Å². The third-order valence-electron chi connectivity index (χ3n) is 21.1. The van der Waals surface area contributed by atoms with Crippen LogP contribution in [-0.4, -0.2) is 128 Å². The fourth-order valence-electron chi connectivity index (χ4n) is 11.9. The fourth-order valence-corrected chi connectivity index (χ4v) is 18.4. The highest BCUT2D eigenvalue weighted by molar-refractivity contribution is 7.92. The summed E-state index contributed by atoms with van der Waals surface area (Å²) in [4.78, 5) is 42.7. The van der Waals surface area contributed by atoms with Crippen molar-refractivity contribution in [2.75, 3.05) is 49.8 Å². The Kier molecular flexibility index (Phi) is 59.0. The van der Waals surface area contributed by atoms with Crippen LogP contribution in [0.15, 0.2) is 257 Å². The first-order chi connectivity index (χ1) is 66.0. The molecular formula is C113H165FN12O11S5. The van der Waals surface area contributed by atoms with Gasteiger partial charge < -0.3 is 10.6 Å². The van der Waals surface area contributed by atoms with Gasteiger partial charge in [0, 0.05) is 107 Å². The summed E-state index contributed by atoms with van der Waals surface area (Å²) in [6.07, 6.45) is 22.1. The Morgan fingerprint density at radius 1 is 0.366 bits per heavy atom. The molecule has 29 heteroatoms. The molecule has 780 valence electrons. The molecule has 0 fully saturated rings. The second-order valence-electron chi connectivity index (χ2n) is 39.5. The van der Waals surface area contributed by atoms with Crippen molar-refractivity contribution in [2.45, 2.75) is 304 Å². The molecule has 0 spiro atoms. The molecule has 0 aliphatic rings. The van der Waals surface area contributed by atoms with Crippen molar-refractivity contribution in [2.24, 2.45) is 23.5 Å². The zero-order valence-corrected chi connectivity index (χ0v) is 94.7. The van der Waals surface area contributed by atoms with E-state index in [0.717, 1.165) is 62.4 Å². The number of amides is 1. The summed E-state index contributed by atoms with van der Waals surface area (Å²) < 4.78 is 136. The van der Waals surface area contributed by atoms with E-state index < -0.39 is 55.5 Å². The van der Waals surface area contributed by atoms with Crippen molar-refractivity contribution in [1.29, 1.82) is 5.26 Å². The van der Waals surface area contributed by atoms with Gasteiger partial charge in [-0.25, -0.2) is 60.9 Å². The molecule has 0 radical (unpaired) electrons. The number of benzene rings is 4. The van der Waals surface area contributed by atoms with Crippen molar-refractivity contribution < 1.29 is 51.3 Å². The molecule has 7 heterocycles. The number of sulfone groups is 3. The molecule has 0 aliphatic heterocycles. The molecule has 0 saturated heterocycles. The number of carbonyl (C=O) groups excluding carboxylic acids is 1. The van der Waals surface area contributed by atoms with Crippen LogP contribution in [-0.2, 0) is 49.6 Å². The lowest BCUT2D eigenvalue weighted by molar-refractivity contribution is 0.0999. The van der Waals surface area contributed by atoms with Crippen molar-refractivity contribution in [3.63, 3.8) is 0 Å². The Balaban J connectivity index is 0.000000785. The van der Waals surface area contributed by atoms with Gasteiger partial charge in [-0.2, -0.15) is 5.26 Å². The highest BCUT2D eigenvalue weighted by atomic mass is 32.2. The quantitative estimate of drug-likeness (QED) is 0.0410. The van der Waals surface area contributed by atoms with Crippen molar-refractivity contribution in [3.05, 3.63) is 316 Å². The minimum Gasteiger partial charge on any atom is -0.366 e. The predicted molar refractivity (Wildman–Crippen MR) is 585 cm³/mol. The Hall–Kier alpha value is -10.7. The Bertz CT molecular complexity index is 6060. The highest BCUT2D eigenvalue weighted by Crippen LogP contribution is 2.27. The molecule has 7 aromatic heterocycles. The first kappa shape index (κ1) is 129. The highest BCUT2D eigenvalue weighted by Gasteiger charge is 2.21. The van der Waals surface area contributed by atoms with E-state index in [1.807, 2.05) is 211 Å². The summed E-state index contributed by atoms with van der Waals surface area (Å²) in [6, 6.07) is 50.1. The molecule has 1 amide bonds. The van der Waals surface area contributed by atoms with E-state index in [1.165, 1.54) is 47.6 Å². The molecule has 23 nitrogen and oxygen atoms in total. The third kappa shape index (κ3) is 52.0. The van der Waals surface area contributed by atoms with Crippen LogP contribution < -0.4 is 20.1 Å². The molecule has 0 atom stereocenters. The molecule has 0 aliphatic carbocycles. The van der Waals surface area contributed by atoms with Gasteiger partial charge in [-0.1, -0.05) is 268 Å². The zero-order valence-electron chi connectivity index (χ0n) is 90.6. The molecule has 0 bridgehead atoms. The molecule has 11 rings (SSSR count). The van der Waals surface area contributed by atoms with E-state index in [-0.39, 0.29) is 29.2 Å². The van der Waals surface area contributed by atoms with Crippen LogP contribution in [0.2, 0.25) is 0 Å². The smallest absolute Gasteiger partial charge is 0.250 e. The predicted octanol–water partition coefficient (Wildman–Crippen LogP) is 26.0. The van der Waals surface area contributed by atoms with Crippen LogP contribution in [0.3, 0.4) is 0 Å². The number of hydrogen-bond acceptors (Lipinski definition) is 20. The summed E-state index contributed by atoms with van der Waals surface area (Å²) >= 11 is 0. The maximum Gasteiger partial charge on any atom is 0.250 e. The van der Waals surface area contributed by atoms with Gasteiger partial charge in [-0.05, 0) is 248 Å². The number of hydrogen-bond donors (Lipinski definition) is 3. The number of carbonyl (C=O) groups is 1. The van der Waals surface area contributed by atoms with Crippen molar-refractivity contribution >= 4 is 61.3 Å². The normalized spacial score (nSPS) is 11.3. The largest absolute Gasteiger partial charge is 0.366 e. The summed E-state index contributed by atoms with van der Waals surface area (Å²) in [5.41, 5.74) is 19.5. The molecule has 142 heavy (non-hydrogen) atoms. The second kappa shape index (κ2) is 64.8. The summed E-state index contributed by atoms with van der Waals surface area (Å²) in [5.74, 6) is 5.97. The van der Waals surface area contributed by atoms with E-state index in [1.54, 1.807) is 110 Å². The number of anilines is 1. The first-order valence-corrected chi connectivity index (χ1v) is 56.8. The van der Waals surface area contributed by atoms with Crippen molar-refractivity contribution in [3.8, 4) is 6.07 Å². The molecule has 0 saturated carbocycles. The van der Waals surface area contributed by atoms with E-state index in [4.69, 9.17) is 11.0 Å². The molecular weight excluding hydrogens is 1880 g/mol. The van der Waals surface area contributed by atoms with E-state index in [2.05, 4.69) is 164 Å². The average molecular weight is 2050 g/mol. The SMILES string of the molecule is CC(C)CNS(=O)(=O)c1cccc(C(C)C)c1.CC(C)CS(=O)(=O)c1cccc(C(C)C)c1.CC(C)CS(=O)(=O)c1cccc(C(C)C)c1.CC(C)c1ccc(N(C)C)nc1.CC(C)c1cccnc1.CC(C)c1cncc(C#N)c1.CC(C)c1cncc(C(N)=O)c1.CC(C)c1cncc(F)c1.CC(C)c1cncc(S(C)(=O)=O)c1.CCCNS(=O)(=O)c1cccc(C(C)C)c1.Cc1ccc(C(C)C)cn1. The number of aryl methyl sites for hydroxylation is 1. The number of aromatic nitrogens is 7. The number of nitriles is 1. The number of pyridine rings is 7. The number of nitrogens with two attached hydrogens (primary N) is 1. The summed E-state index contributed by atoms with van der Waals surface area (Å²) in [6.45, 7) is 62.3. The van der Waals surface area contributed by atoms with Gasteiger partial charge in [0.15, 0.2) is 29.5 Å². The maximum absolute atomic E-state index is 12.5. The minimum atomic E-state index is -3.36. The molecule has 4 N–H and O–H groups in total. The van der Waals surface area contributed by atoms with Crippen LogP contribution in [0.1, 0.15) is 355 Å². The summed E-state index contributed by atoms with van der Waals surface area (Å²) in [5, 5.41) is 8.55. The van der Waals surface area contributed by atoms with Gasteiger partial charge in [0.1, 0.15) is 17.7 Å². The lowest BCUT2D eigenvalue weighted by atomic mass is 10.0. The van der Waals surface area contributed by atoms with Crippen LogP contribution in [0, 0.1) is 41.8 Å². The number of sulfonamides is 2. The number of nitrogens with one attached hydrogen (secondary N) is 2. The second-order valence-corrected chi connectivity index (χ2v) is 49.1. The monoisotopic (exact) mass is 2050 g/mol. The van der Waals surface area contributed by atoms with Crippen LogP contribution in [0.5, 0.6) is 0 Å². The minimum absolute atomic E-state index is 0.160. The van der Waals surface area contributed by atoms with Crippen LogP contribution in [0.4, 0.5) is 10.2 Å². The van der Waals surface area contributed by atoms with Gasteiger partial charge in [-0.3, -0.25) is 34.7 Å². The Morgan fingerprint density at radius 2 is 0.704 bits per heavy atom. The van der Waals surface area contributed by atoms with Crippen LogP contribution in [0.25, 0.3) is 0 Å². The van der Waals surface area contributed by atoms with Crippen molar-refractivity contribution in [1.82, 2.24) is 44.3 Å². The third-order valence-corrected chi connectivity index (χ3v) is 29.2. The van der Waals surface area contributed by atoms with Gasteiger partial charge in [-0.15, -0.1) is 0 Å². The lowest BCUT2D eigenvalue weighted by Gasteiger charge is -2.12. The number of rotatable bonds is 28. The van der Waals surface area contributed by atoms with Gasteiger partial charge in [0.05, 0.1) is 53.3 Å². The Labute approximate surface area is 855 Å². The first-order valence-electron chi connectivity index (χ1n) is 48.7. The van der Waals surface area contributed by atoms with Gasteiger partial charge in [0.2, 0.25) is 26.0 Å². The van der Waals surface area contributed by atoms with E-state index in [9.17, 15) is 51.3 Å². The maximum atomic E-state index is 12.5. The average Bonchev–Trinajstić information content (AvgIpc) is 0.805. The summed E-state index contributed by atoms with van der Waals surface area (Å²) in [7, 11) is -12.0. The van der Waals surface area contributed by atoms with E-state index >= 15 is 0 Å². The molecule has 4 aromatic carbocycles.